The molecule has 2 aromatic heterocycles. The lowest BCUT2D eigenvalue weighted by Gasteiger charge is -2.40. The monoisotopic (exact) mass is 331 g/mol. The van der Waals surface area contributed by atoms with Crippen LogP contribution in [0.1, 0.15) is 11.4 Å². The summed E-state index contributed by atoms with van der Waals surface area (Å²) >= 11 is 3.34. The fourth-order valence-corrected chi connectivity index (χ4v) is 2.83. The van der Waals surface area contributed by atoms with Crippen LogP contribution in [0.15, 0.2) is 29.1 Å². The van der Waals surface area contributed by atoms with Gasteiger partial charge in [0.15, 0.2) is 0 Å². The highest BCUT2D eigenvalue weighted by atomic mass is 79.9. The van der Waals surface area contributed by atoms with Gasteiger partial charge in [-0.05, 0) is 28.9 Å². The number of nitrogens with zero attached hydrogens (tertiary/aromatic N) is 5. The molecule has 0 unspecified atom stereocenters. The summed E-state index contributed by atoms with van der Waals surface area (Å²) in [4.78, 5) is 10.7. The van der Waals surface area contributed by atoms with E-state index < -0.39 is 0 Å². The van der Waals surface area contributed by atoms with Crippen molar-refractivity contribution in [2.75, 3.05) is 18.0 Å². The second-order valence-electron chi connectivity index (χ2n) is 5.03. The molecule has 0 saturated carbocycles. The number of imidazole rings is 1. The van der Waals surface area contributed by atoms with E-state index in [2.05, 4.69) is 41.4 Å². The first-order valence-electron chi connectivity index (χ1n) is 6.45. The minimum Gasteiger partial charge on any atom is -0.355 e. The maximum absolute atomic E-state index is 9.17. The predicted molar refractivity (Wildman–Crippen MR) is 79.3 cm³/mol. The highest BCUT2D eigenvalue weighted by Gasteiger charge is 2.29. The van der Waals surface area contributed by atoms with Gasteiger partial charge in [-0.3, -0.25) is 0 Å². The van der Waals surface area contributed by atoms with Gasteiger partial charge in [0, 0.05) is 48.6 Å². The van der Waals surface area contributed by atoms with Gasteiger partial charge >= 0.3 is 0 Å². The van der Waals surface area contributed by atoms with E-state index >= 15 is 0 Å². The van der Waals surface area contributed by atoms with Crippen LogP contribution in [0.4, 0.5) is 5.82 Å². The van der Waals surface area contributed by atoms with Gasteiger partial charge in [0.2, 0.25) is 0 Å². The molecule has 0 aromatic carbocycles. The predicted octanol–water partition coefficient (Wildman–Crippen LogP) is 2.36. The summed E-state index contributed by atoms with van der Waals surface area (Å²) in [6.45, 7) is 4.85. The second-order valence-corrected chi connectivity index (χ2v) is 5.95. The average molecular weight is 332 g/mol. The molecule has 0 radical (unpaired) electrons. The summed E-state index contributed by atoms with van der Waals surface area (Å²) in [5, 5.41) is 9.17. The first kappa shape index (κ1) is 13.1. The smallest absolute Gasteiger partial charge is 0.146 e. The number of hydrogen-bond donors (Lipinski definition) is 0. The van der Waals surface area contributed by atoms with Crippen LogP contribution in [0, 0.1) is 24.2 Å². The Morgan fingerprint density at radius 3 is 2.90 bits per heavy atom. The van der Waals surface area contributed by atoms with Gasteiger partial charge in [0.25, 0.3) is 0 Å². The van der Waals surface area contributed by atoms with E-state index in [1.807, 2.05) is 25.4 Å². The number of anilines is 1. The van der Waals surface area contributed by atoms with Gasteiger partial charge in [-0.15, -0.1) is 0 Å². The molecule has 6 heteroatoms. The Morgan fingerprint density at radius 1 is 1.45 bits per heavy atom. The van der Waals surface area contributed by atoms with Crippen LogP contribution in [0.3, 0.4) is 0 Å². The molecule has 2 aromatic rings. The van der Waals surface area contributed by atoms with E-state index in [4.69, 9.17) is 0 Å². The van der Waals surface area contributed by atoms with Gasteiger partial charge in [-0.1, -0.05) is 0 Å². The Balaban J connectivity index is 1.66. The molecule has 20 heavy (non-hydrogen) atoms. The maximum Gasteiger partial charge on any atom is 0.146 e. The van der Waals surface area contributed by atoms with Crippen LogP contribution in [-0.2, 0) is 6.54 Å². The zero-order chi connectivity index (χ0) is 14.1. The third-order valence-corrected chi connectivity index (χ3v) is 4.02. The summed E-state index contributed by atoms with van der Waals surface area (Å²) in [6.07, 6.45) is 5.58. The topological polar surface area (TPSA) is 57.7 Å². The molecule has 3 heterocycles. The lowest BCUT2D eigenvalue weighted by atomic mass is 9.99. The minimum absolute atomic E-state index is 0.583. The normalized spacial score (nSPS) is 14.9. The van der Waals surface area contributed by atoms with Crippen molar-refractivity contribution in [3.63, 3.8) is 0 Å². The van der Waals surface area contributed by atoms with Crippen LogP contribution in [0.25, 0.3) is 0 Å². The Bertz CT molecular complexity index is 666. The molecule has 1 aliphatic heterocycles. The van der Waals surface area contributed by atoms with Gasteiger partial charge < -0.3 is 9.47 Å². The Hall–Kier alpha value is -1.87. The van der Waals surface area contributed by atoms with Crippen molar-refractivity contribution in [3.8, 4) is 6.07 Å². The van der Waals surface area contributed by atoms with Crippen molar-refractivity contribution in [3.05, 3.63) is 40.5 Å². The molecule has 1 aliphatic rings. The lowest BCUT2D eigenvalue weighted by molar-refractivity contribution is 0.352. The fraction of sp³-hybridized carbons (Fsp3) is 0.357. The molecular formula is C14H14BrN5. The molecule has 1 fully saturated rings. The molecule has 0 spiro atoms. The number of rotatable bonds is 3. The first-order valence-corrected chi connectivity index (χ1v) is 7.25. The van der Waals surface area contributed by atoms with Gasteiger partial charge in [-0.25, -0.2) is 9.97 Å². The Labute approximate surface area is 126 Å². The number of aryl methyl sites for hydroxylation is 1. The highest BCUT2D eigenvalue weighted by molar-refractivity contribution is 9.10. The third-order valence-electron chi connectivity index (χ3n) is 3.59. The second kappa shape index (κ2) is 5.25. The van der Waals surface area contributed by atoms with Crippen molar-refractivity contribution >= 4 is 21.7 Å². The molecule has 0 atom stereocenters. The largest absolute Gasteiger partial charge is 0.355 e. The summed E-state index contributed by atoms with van der Waals surface area (Å²) in [7, 11) is 0. The van der Waals surface area contributed by atoms with Crippen molar-refractivity contribution in [2.45, 2.75) is 13.5 Å². The molecule has 0 N–H and O–H groups in total. The van der Waals surface area contributed by atoms with E-state index in [1.54, 1.807) is 6.20 Å². The van der Waals surface area contributed by atoms with Crippen LogP contribution in [-0.4, -0.2) is 27.6 Å². The maximum atomic E-state index is 9.17. The third kappa shape index (κ3) is 2.41. The first-order chi connectivity index (χ1) is 9.67. The van der Waals surface area contributed by atoms with Crippen molar-refractivity contribution in [1.29, 1.82) is 5.26 Å². The summed E-state index contributed by atoms with van der Waals surface area (Å²) < 4.78 is 3.01. The molecule has 102 valence electrons. The SMILES string of the molecule is Cc1nccn1CC1CN(c2ncc(Br)cc2C#N)C1. The zero-order valence-corrected chi connectivity index (χ0v) is 12.7. The van der Waals surface area contributed by atoms with Gasteiger partial charge in [0.05, 0.1) is 5.56 Å². The molecule has 0 amide bonds. The molecule has 5 nitrogen and oxygen atoms in total. The summed E-state index contributed by atoms with van der Waals surface area (Å²) in [6, 6.07) is 4.02. The lowest BCUT2D eigenvalue weighted by Crippen LogP contribution is -2.49. The van der Waals surface area contributed by atoms with Crippen molar-refractivity contribution < 1.29 is 0 Å². The average Bonchev–Trinajstić information content (AvgIpc) is 2.79. The molecule has 0 bridgehead atoms. The number of halogens is 1. The molecule has 0 aliphatic carbocycles. The fourth-order valence-electron chi connectivity index (χ4n) is 2.50. The van der Waals surface area contributed by atoms with E-state index in [1.165, 1.54) is 0 Å². The van der Waals surface area contributed by atoms with Crippen LogP contribution in [0.2, 0.25) is 0 Å². The van der Waals surface area contributed by atoms with E-state index in [0.29, 0.717) is 11.5 Å². The molecular weight excluding hydrogens is 318 g/mol. The van der Waals surface area contributed by atoms with E-state index in [-0.39, 0.29) is 0 Å². The summed E-state index contributed by atoms with van der Waals surface area (Å²) in [5.74, 6) is 2.41. The Kier molecular flexibility index (Phi) is 3.45. The zero-order valence-electron chi connectivity index (χ0n) is 11.1. The standard InChI is InChI=1S/C14H14BrN5/c1-10-17-2-3-19(10)7-11-8-20(9-11)14-12(5-16)4-13(15)6-18-14/h2-4,6,11H,7-9H2,1H3. The number of pyridine rings is 1. The van der Waals surface area contributed by atoms with Gasteiger partial charge in [-0.2, -0.15) is 5.26 Å². The quantitative estimate of drug-likeness (QED) is 0.866. The Morgan fingerprint density at radius 2 is 2.25 bits per heavy atom. The van der Waals surface area contributed by atoms with Crippen molar-refractivity contribution in [2.24, 2.45) is 5.92 Å². The van der Waals surface area contributed by atoms with Crippen LogP contribution >= 0.6 is 15.9 Å². The van der Waals surface area contributed by atoms with Crippen LogP contribution < -0.4 is 4.90 Å². The van der Waals surface area contributed by atoms with E-state index in [0.717, 1.165) is 35.7 Å². The number of nitriles is 1. The minimum atomic E-state index is 0.583. The molecule has 3 rings (SSSR count). The summed E-state index contributed by atoms with van der Waals surface area (Å²) in [5.41, 5.74) is 0.622. The number of aromatic nitrogens is 3. The molecule has 1 saturated heterocycles. The van der Waals surface area contributed by atoms with Crippen LogP contribution in [0.5, 0.6) is 0 Å². The van der Waals surface area contributed by atoms with E-state index in [9.17, 15) is 5.26 Å². The highest BCUT2D eigenvalue weighted by Crippen LogP contribution is 2.28. The van der Waals surface area contributed by atoms with Crippen molar-refractivity contribution in [1.82, 2.24) is 14.5 Å². The van der Waals surface area contributed by atoms with Gasteiger partial charge in [0.1, 0.15) is 17.7 Å². The number of hydrogen-bond acceptors (Lipinski definition) is 4.